The number of carbonyl (C=O) groups is 2. The molecule has 1 amide bonds. The third-order valence-corrected chi connectivity index (χ3v) is 3.80. The number of hydrogen-bond acceptors (Lipinski definition) is 3. The summed E-state index contributed by atoms with van der Waals surface area (Å²) in [7, 11) is 0. The zero-order valence-corrected chi connectivity index (χ0v) is 13.2. The molecule has 1 N–H and O–H groups in total. The Labute approximate surface area is 131 Å². The average Bonchev–Trinajstić information content (AvgIpc) is 2.50. The number of ether oxygens (including phenoxy) is 1. The van der Waals surface area contributed by atoms with Crippen molar-refractivity contribution in [3.8, 4) is 0 Å². The third kappa shape index (κ3) is 4.45. The van der Waals surface area contributed by atoms with Crippen LogP contribution in [-0.4, -0.2) is 18.5 Å². The molecule has 0 aromatic heterocycles. The van der Waals surface area contributed by atoms with Crippen LogP contribution in [0.4, 0.5) is 0 Å². The number of hydrogen-bond donors (Lipinski definition) is 1. The van der Waals surface area contributed by atoms with Crippen LogP contribution in [-0.2, 0) is 14.3 Å². The van der Waals surface area contributed by atoms with Crippen LogP contribution >= 0.6 is 0 Å². The lowest BCUT2D eigenvalue weighted by molar-refractivity contribution is -0.155. The van der Waals surface area contributed by atoms with Gasteiger partial charge in [0.2, 0.25) is 5.91 Å². The fraction of sp³-hybridized carbons (Fsp3) is 0.444. The number of amides is 1. The first-order valence-corrected chi connectivity index (χ1v) is 7.65. The van der Waals surface area contributed by atoms with Gasteiger partial charge in [0.05, 0.1) is 11.5 Å². The van der Waals surface area contributed by atoms with E-state index in [9.17, 15) is 9.59 Å². The molecule has 0 saturated carbocycles. The zero-order chi connectivity index (χ0) is 16.0. The van der Waals surface area contributed by atoms with E-state index in [0.29, 0.717) is 19.3 Å². The Hall–Kier alpha value is -2.10. The van der Waals surface area contributed by atoms with E-state index in [2.05, 4.69) is 5.32 Å². The maximum atomic E-state index is 12.2. The van der Waals surface area contributed by atoms with Gasteiger partial charge in [0, 0.05) is 6.42 Å². The molecule has 1 aliphatic rings. The van der Waals surface area contributed by atoms with E-state index < -0.39 is 5.41 Å². The fourth-order valence-electron chi connectivity index (χ4n) is 2.32. The molecule has 0 radical (unpaired) electrons. The normalized spacial score (nSPS) is 24.4. The molecule has 1 atom stereocenters. The topological polar surface area (TPSA) is 55.4 Å². The molecule has 118 valence electrons. The van der Waals surface area contributed by atoms with Crippen LogP contribution in [0.2, 0.25) is 0 Å². The van der Waals surface area contributed by atoms with Crippen LogP contribution < -0.4 is 5.32 Å². The molecule has 1 unspecified atom stereocenters. The molecule has 0 aliphatic carbocycles. The Balaban J connectivity index is 2.18. The predicted molar refractivity (Wildman–Crippen MR) is 85.1 cm³/mol. The summed E-state index contributed by atoms with van der Waals surface area (Å²) in [5.41, 5.74) is 0.384. The molecule has 0 fully saturated rings. The summed E-state index contributed by atoms with van der Waals surface area (Å²) >= 11 is 0. The Morgan fingerprint density at radius 1 is 1.14 bits per heavy atom. The van der Waals surface area contributed by atoms with Crippen molar-refractivity contribution in [3.05, 3.63) is 48.0 Å². The zero-order valence-electron chi connectivity index (χ0n) is 13.2. The number of cyclic esters (lactones) is 1. The van der Waals surface area contributed by atoms with Gasteiger partial charge >= 0.3 is 5.97 Å². The Kier molecular flexibility index (Phi) is 5.36. The number of carbonyl (C=O) groups excluding carboxylic acids is 2. The molecule has 1 aromatic carbocycles. The molecule has 0 saturated heterocycles. The van der Waals surface area contributed by atoms with Crippen LogP contribution in [0.3, 0.4) is 0 Å². The van der Waals surface area contributed by atoms with E-state index in [1.807, 2.05) is 56.3 Å². The molecule has 2 rings (SSSR count). The Morgan fingerprint density at radius 3 is 2.59 bits per heavy atom. The van der Waals surface area contributed by atoms with Gasteiger partial charge in [-0.2, -0.15) is 0 Å². The maximum Gasteiger partial charge on any atom is 0.311 e. The molecule has 1 aromatic rings. The highest BCUT2D eigenvalue weighted by molar-refractivity contribution is 5.77. The number of rotatable bonds is 1. The first kappa shape index (κ1) is 16.3. The summed E-state index contributed by atoms with van der Waals surface area (Å²) in [5.74, 6) is -0.276. The van der Waals surface area contributed by atoms with Crippen LogP contribution in [0.1, 0.15) is 44.7 Å². The predicted octanol–water partition coefficient (Wildman–Crippen LogP) is 3.15. The quantitative estimate of drug-likeness (QED) is 0.640. The minimum absolute atomic E-state index is 0.0330. The summed E-state index contributed by atoms with van der Waals surface area (Å²) in [4.78, 5) is 24.2. The van der Waals surface area contributed by atoms with Gasteiger partial charge in [0.15, 0.2) is 0 Å². The van der Waals surface area contributed by atoms with E-state index in [0.717, 1.165) is 5.56 Å². The van der Waals surface area contributed by atoms with Crippen molar-refractivity contribution < 1.29 is 14.3 Å². The van der Waals surface area contributed by atoms with Crippen molar-refractivity contribution in [1.29, 1.82) is 0 Å². The lowest BCUT2D eigenvalue weighted by atomic mass is 9.89. The van der Waals surface area contributed by atoms with Crippen molar-refractivity contribution in [2.75, 3.05) is 6.61 Å². The minimum atomic E-state index is -0.555. The molecule has 0 bridgehead atoms. The lowest BCUT2D eigenvalue weighted by Crippen LogP contribution is -2.34. The van der Waals surface area contributed by atoms with Gasteiger partial charge in [-0.05, 0) is 32.3 Å². The highest BCUT2D eigenvalue weighted by Gasteiger charge is 2.29. The van der Waals surface area contributed by atoms with Crippen LogP contribution in [0, 0.1) is 5.41 Å². The molecular formula is C18H23NO3. The molecule has 4 nitrogen and oxygen atoms in total. The minimum Gasteiger partial charge on any atom is -0.463 e. The first-order valence-electron chi connectivity index (χ1n) is 7.65. The largest absolute Gasteiger partial charge is 0.463 e. The van der Waals surface area contributed by atoms with Gasteiger partial charge in [-0.25, -0.2) is 0 Å². The standard InChI is InChI=1S/C18H23NO3/c1-18(2)12-8-4-7-11-16(20)19-15(13-22-17(18)21)14-9-5-3-6-10-14/h3-6,8-10,15H,7,11-13H2,1-2H3,(H,19,20)/b8-4+. The van der Waals surface area contributed by atoms with Crippen molar-refractivity contribution >= 4 is 11.9 Å². The Bertz CT molecular complexity index is 549. The van der Waals surface area contributed by atoms with Crippen molar-refractivity contribution in [2.45, 2.75) is 39.2 Å². The molecule has 22 heavy (non-hydrogen) atoms. The van der Waals surface area contributed by atoms with E-state index in [1.54, 1.807) is 0 Å². The van der Waals surface area contributed by atoms with Gasteiger partial charge in [-0.1, -0.05) is 42.5 Å². The highest BCUT2D eigenvalue weighted by Crippen LogP contribution is 2.25. The molecule has 1 aliphatic heterocycles. The monoisotopic (exact) mass is 301 g/mol. The second kappa shape index (κ2) is 7.25. The fourth-order valence-corrected chi connectivity index (χ4v) is 2.32. The van der Waals surface area contributed by atoms with E-state index in [-0.39, 0.29) is 24.5 Å². The van der Waals surface area contributed by atoms with E-state index in [4.69, 9.17) is 4.74 Å². The van der Waals surface area contributed by atoms with Gasteiger partial charge in [-0.15, -0.1) is 0 Å². The van der Waals surface area contributed by atoms with Gasteiger partial charge in [-0.3, -0.25) is 9.59 Å². The highest BCUT2D eigenvalue weighted by atomic mass is 16.5. The van der Waals surface area contributed by atoms with Gasteiger partial charge < -0.3 is 10.1 Å². The smallest absolute Gasteiger partial charge is 0.311 e. The second-order valence-corrected chi connectivity index (χ2v) is 6.23. The molecule has 0 spiro atoms. The second-order valence-electron chi connectivity index (χ2n) is 6.23. The summed E-state index contributed by atoms with van der Waals surface area (Å²) < 4.78 is 5.46. The number of esters is 1. The number of nitrogens with one attached hydrogen (secondary N) is 1. The summed E-state index contributed by atoms with van der Waals surface area (Å²) in [5, 5.41) is 2.95. The van der Waals surface area contributed by atoms with E-state index in [1.165, 1.54) is 0 Å². The molecule has 1 heterocycles. The lowest BCUT2D eigenvalue weighted by Gasteiger charge is -2.25. The van der Waals surface area contributed by atoms with Crippen molar-refractivity contribution in [1.82, 2.24) is 5.32 Å². The third-order valence-electron chi connectivity index (χ3n) is 3.80. The van der Waals surface area contributed by atoms with Gasteiger partial charge in [0.25, 0.3) is 0 Å². The number of benzene rings is 1. The summed E-state index contributed by atoms with van der Waals surface area (Å²) in [6.45, 7) is 3.91. The van der Waals surface area contributed by atoms with Crippen LogP contribution in [0.5, 0.6) is 0 Å². The van der Waals surface area contributed by atoms with Crippen molar-refractivity contribution in [2.24, 2.45) is 5.41 Å². The number of allylic oxidation sites excluding steroid dienone is 2. The summed E-state index contributed by atoms with van der Waals surface area (Å²) in [6, 6.07) is 9.28. The van der Waals surface area contributed by atoms with Crippen molar-refractivity contribution in [3.63, 3.8) is 0 Å². The molecular weight excluding hydrogens is 278 g/mol. The molecule has 4 heteroatoms. The first-order chi connectivity index (χ1) is 10.5. The van der Waals surface area contributed by atoms with Crippen LogP contribution in [0.15, 0.2) is 42.5 Å². The SMILES string of the molecule is CC1(C)C/C=C/CCC(=O)NC(c2ccccc2)COC1=O. The van der Waals surface area contributed by atoms with Gasteiger partial charge in [0.1, 0.15) is 6.61 Å². The summed E-state index contributed by atoms with van der Waals surface area (Å²) in [6.07, 6.45) is 5.63. The van der Waals surface area contributed by atoms with Crippen LogP contribution in [0.25, 0.3) is 0 Å². The Morgan fingerprint density at radius 2 is 1.86 bits per heavy atom. The van der Waals surface area contributed by atoms with E-state index >= 15 is 0 Å². The average molecular weight is 301 g/mol. The maximum absolute atomic E-state index is 12.2.